The first-order valence-corrected chi connectivity index (χ1v) is 9.57. The van der Waals surface area contributed by atoms with Crippen LogP contribution < -0.4 is 10.1 Å². The third kappa shape index (κ3) is 4.75. The highest BCUT2D eigenvalue weighted by Crippen LogP contribution is 2.25. The number of aromatic amines is 1. The van der Waals surface area contributed by atoms with Crippen LogP contribution in [-0.2, 0) is 4.79 Å². The first-order valence-electron chi connectivity index (χ1n) is 8.69. The Kier molecular flexibility index (Phi) is 5.96. The summed E-state index contributed by atoms with van der Waals surface area (Å²) in [6, 6.07) is 7.93. The van der Waals surface area contributed by atoms with E-state index in [9.17, 15) is 4.79 Å². The van der Waals surface area contributed by atoms with Crippen LogP contribution in [0.15, 0.2) is 29.4 Å². The van der Waals surface area contributed by atoms with E-state index in [1.54, 1.807) is 7.11 Å². The summed E-state index contributed by atoms with van der Waals surface area (Å²) in [5, 5.41) is 10.7. The first kappa shape index (κ1) is 17.8. The predicted octanol–water partition coefficient (Wildman–Crippen LogP) is 3.41. The molecule has 1 heterocycles. The summed E-state index contributed by atoms with van der Waals surface area (Å²) in [6.45, 7) is 1.90. The molecular weight excluding hydrogens is 336 g/mol. The Labute approximate surface area is 152 Å². The summed E-state index contributed by atoms with van der Waals surface area (Å²) >= 11 is 1.37. The highest BCUT2D eigenvalue weighted by atomic mass is 32.2. The van der Waals surface area contributed by atoms with E-state index in [1.165, 1.54) is 31.0 Å². The van der Waals surface area contributed by atoms with E-state index in [4.69, 9.17) is 4.74 Å². The minimum atomic E-state index is -0.221. The highest BCUT2D eigenvalue weighted by molar-refractivity contribution is 8.00. The van der Waals surface area contributed by atoms with Crippen LogP contribution in [0, 0.1) is 0 Å². The molecule has 1 aromatic heterocycles. The molecule has 6 nitrogen and oxygen atoms in total. The van der Waals surface area contributed by atoms with Crippen molar-refractivity contribution in [2.45, 2.75) is 55.5 Å². The smallest absolute Gasteiger partial charge is 0.233 e. The van der Waals surface area contributed by atoms with E-state index in [0.29, 0.717) is 17.0 Å². The SMILES string of the molecule is COc1ccc(-c2nc(SC(C)C(=O)NC3CCCCC3)n[nH]2)cc1. The maximum Gasteiger partial charge on any atom is 0.233 e. The average molecular weight is 360 g/mol. The van der Waals surface area contributed by atoms with Gasteiger partial charge in [-0.05, 0) is 44.0 Å². The third-order valence-corrected chi connectivity index (χ3v) is 5.39. The summed E-state index contributed by atoms with van der Waals surface area (Å²) in [5.41, 5.74) is 0.930. The van der Waals surface area contributed by atoms with Crippen molar-refractivity contribution < 1.29 is 9.53 Å². The number of carbonyl (C=O) groups excluding carboxylic acids is 1. The van der Waals surface area contributed by atoms with Crippen molar-refractivity contribution in [3.63, 3.8) is 0 Å². The average Bonchev–Trinajstić information content (AvgIpc) is 3.11. The number of hydrogen-bond donors (Lipinski definition) is 2. The summed E-state index contributed by atoms with van der Waals surface area (Å²) in [6.07, 6.45) is 5.87. The standard InChI is InChI=1S/C18H24N4O2S/c1-12(17(23)19-14-6-4-3-5-7-14)25-18-20-16(21-22-18)13-8-10-15(24-2)11-9-13/h8-12,14H,3-7H2,1-2H3,(H,19,23)(H,20,21,22). The Morgan fingerprint density at radius 2 is 2.00 bits per heavy atom. The minimum absolute atomic E-state index is 0.0627. The number of thioether (sulfide) groups is 1. The van der Waals surface area contributed by atoms with Crippen molar-refractivity contribution in [2.24, 2.45) is 0 Å². The number of benzene rings is 1. The van der Waals surface area contributed by atoms with Crippen LogP contribution in [0.5, 0.6) is 5.75 Å². The molecule has 2 N–H and O–H groups in total. The lowest BCUT2D eigenvalue weighted by Crippen LogP contribution is -2.40. The van der Waals surface area contributed by atoms with E-state index in [-0.39, 0.29) is 11.2 Å². The van der Waals surface area contributed by atoms with Gasteiger partial charge >= 0.3 is 0 Å². The van der Waals surface area contributed by atoms with Crippen LogP contribution >= 0.6 is 11.8 Å². The van der Waals surface area contributed by atoms with E-state index in [2.05, 4.69) is 20.5 Å². The molecule has 2 aromatic rings. The van der Waals surface area contributed by atoms with Gasteiger partial charge in [0.1, 0.15) is 5.75 Å². The van der Waals surface area contributed by atoms with Crippen LogP contribution in [0.2, 0.25) is 0 Å². The largest absolute Gasteiger partial charge is 0.497 e. The van der Waals surface area contributed by atoms with Gasteiger partial charge in [0.25, 0.3) is 0 Å². The zero-order chi connectivity index (χ0) is 17.6. The topological polar surface area (TPSA) is 79.9 Å². The minimum Gasteiger partial charge on any atom is -0.497 e. The van der Waals surface area contributed by atoms with E-state index in [1.807, 2.05) is 31.2 Å². The fourth-order valence-corrected chi connectivity index (χ4v) is 3.69. The number of amides is 1. The predicted molar refractivity (Wildman–Crippen MR) is 98.7 cm³/mol. The number of rotatable bonds is 6. The van der Waals surface area contributed by atoms with Gasteiger partial charge < -0.3 is 10.1 Å². The maximum atomic E-state index is 12.4. The van der Waals surface area contributed by atoms with E-state index in [0.717, 1.165) is 24.2 Å². The van der Waals surface area contributed by atoms with Crippen LogP contribution in [0.25, 0.3) is 11.4 Å². The molecule has 0 saturated heterocycles. The molecule has 1 amide bonds. The van der Waals surface area contributed by atoms with Crippen molar-refractivity contribution in [3.8, 4) is 17.1 Å². The molecule has 1 atom stereocenters. The van der Waals surface area contributed by atoms with Gasteiger partial charge in [-0.3, -0.25) is 9.89 Å². The van der Waals surface area contributed by atoms with Crippen molar-refractivity contribution in [1.82, 2.24) is 20.5 Å². The molecule has 1 fully saturated rings. The lowest BCUT2D eigenvalue weighted by Gasteiger charge is -2.24. The molecule has 25 heavy (non-hydrogen) atoms. The zero-order valence-electron chi connectivity index (χ0n) is 14.6. The number of nitrogens with one attached hydrogen (secondary N) is 2. The molecule has 0 radical (unpaired) electrons. The molecule has 0 aliphatic heterocycles. The molecule has 3 rings (SSSR count). The highest BCUT2D eigenvalue weighted by Gasteiger charge is 2.21. The number of hydrogen-bond acceptors (Lipinski definition) is 5. The van der Waals surface area contributed by atoms with Crippen LogP contribution in [0.1, 0.15) is 39.0 Å². The van der Waals surface area contributed by atoms with Gasteiger partial charge in [0.15, 0.2) is 5.82 Å². The third-order valence-electron chi connectivity index (χ3n) is 4.43. The molecule has 1 saturated carbocycles. The second-order valence-electron chi connectivity index (χ2n) is 6.30. The van der Waals surface area contributed by atoms with Crippen LogP contribution in [-0.4, -0.2) is 39.5 Å². The van der Waals surface area contributed by atoms with Gasteiger partial charge in [-0.25, -0.2) is 4.98 Å². The number of carbonyl (C=O) groups is 1. The first-order chi connectivity index (χ1) is 12.2. The van der Waals surface area contributed by atoms with Gasteiger partial charge in [-0.2, -0.15) is 0 Å². The zero-order valence-corrected chi connectivity index (χ0v) is 15.4. The maximum absolute atomic E-state index is 12.4. The number of H-pyrrole nitrogens is 1. The Balaban J connectivity index is 1.57. The molecule has 134 valence electrons. The number of methoxy groups -OCH3 is 1. The fraction of sp³-hybridized carbons (Fsp3) is 0.500. The monoisotopic (exact) mass is 360 g/mol. The molecule has 1 unspecified atom stereocenters. The van der Waals surface area contributed by atoms with Gasteiger partial charge in [0.05, 0.1) is 12.4 Å². The summed E-state index contributed by atoms with van der Waals surface area (Å²) in [4.78, 5) is 16.8. The summed E-state index contributed by atoms with van der Waals surface area (Å²) < 4.78 is 5.16. The number of nitrogens with zero attached hydrogens (tertiary/aromatic N) is 2. The van der Waals surface area contributed by atoms with Crippen LogP contribution in [0.3, 0.4) is 0 Å². The van der Waals surface area contributed by atoms with Gasteiger partial charge in [-0.15, -0.1) is 5.10 Å². The molecular formula is C18H24N4O2S. The molecule has 1 aromatic carbocycles. The Hall–Kier alpha value is -2.02. The number of ether oxygens (including phenoxy) is 1. The Morgan fingerprint density at radius 1 is 1.28 bits per heavy atom. The normalized spacial score (nSPS) is 16.4. The van der Waals surface area contributed by atoms with E-state index < -0.39 is 0 Å². The molecule has 1 aliphatic rings. The van der Waals surface area contributed by atoms with Crippen molar-refractivity contribution in [3.05, 3.63) is 24.3 Å². The fourth-order valence-electron chi connectivity index (χ4n) is 2.95. The van der Waals surface area contributed by atoms with Gasteiger partial charge in [-0.1, -0.05) is 31.0 Å². The quantitative estimate of drug-likeness (QED) is 0.772. The lowest BCUT2D eigenvalue weighted by atomic mass is 9.95. The summed E-state index contributed by atoms with van der Waals surface area (Å²) in [5.74, 6) is 1.55. The Bertz CT molecular complexity index is 695. The molecule has 0 spiro atoms. The lowest BCUT2D eigenvalue weighted by molar-refractivity contribution is -0.121. The van der Waals surface area contributed by atoms with Gasteiger partial charge in [0.2, 0.25) is 11.1 Å². The molecule has 7 heteroatoms. The number of aromatic nitrogens is 3. The molecule has 0 bridgehead atoms. The van der Waals surface area contributed by atoms with Crippen LogP contribution in [0.4, 0.5) is 0 Å². The van der Waals surface area contributed by atoms with Gasteiger partial charge in [0, 0.05) is 11.6 Å². The van der Waals surface area contributed by atoms with E-state index >= 15 is 0 Å². The second-order valence-corrected chi connectivity index (χ2v) is 7.61. The Morgan fingerprint density at radius 3 is 2.68 bits per heavy atom. The second kappa shape index (κ2) is 8.38. The van der Waals surface area contributed by atoms with Crippen molar-refractivity contribution in [2.75, 3.05) is 7.11 Å². The van der Waals surface area contributed by atoms with Crippen molar-refractivity contribution in [1.29, 1.82) is 0 Å². The summed E-state index contributed by atoms with van der Waals surface area (Å²) in [7, 11) is 1.64. The molecule has 1 aliphatic carbocycles. The van der Waals surface area contributed by atoms with Crippen molar-refractivity contribution >= 4 is 17.7 Å².